The Kier molecular flexibility index (Phi) is 7.48. The number of aromatic carboxylic acids is 4. The maximum Gasteiger partial charge on any atom is 0.335 e. The van der Waals surface area contributed by atoms with Crippen molar-refractivity contribution in [1.82, 2.24) is 0 Å². The Bertz CT molecular complexity index is 1970. The monoisotopic (exact) mass is 592 g/mol. The van der Waals surface area contributed by atoms with Crippen molar-refractivity contribution >= 4 is 68.6 Å². The molecule has 0 saturated carbocycles. The van der Waals surface area contributed by atoms with Gasteiger partial charge in [-0.25, -0.2) is 29.2 Å². The molecule has 0 spiro atoms. The predicted octanol–water partition coefficient (Wildman–Crippen LogP) is 6.06. The van der Waals surface area contributed by atoms with Gasteiger partial charge in [0.25, 0.3) is 0 Å². The van der Waals surface area contributed by atoms with Crippen molar-refractivity contribution in [2.45, 2.75) is 0 Å². The third kappa shape index (κ3) is 5.76. The summed E-state index contributed by atoms with van der Waals surface area (Å²) in [4.78, 5) is 54.7. The zero-order valence-electron chi connectivity index (χ0n) is 22.3. The molecular formula is C32H20N2O10. The molecule has 0 bridgehead atoms. The van der Waals surface area contributed by atoms with Crippen LogP contribution in [0.2, 0.25) is 0 Å². The Morgan fingerprint density at radius 2 is 0.795 bits per heavy atom. The zero-order valence-corrected chi connectivity index (χ0v) is 22.3. The highest BCUT2D eigenvalue weighted by atomic mass is 16.4. The number of aliphatic imine (C=N–C) groups is 2. The van der Waals surface area contributed by atoms with Crippen LogP contribution in [-0.2, 0) is 0 Å². The number of nitrogens with zero attached hydrogens (tertiary/aromatic N) is 2. The minimum atomic E-state index is -1.26. The first-order chi connectivity index (χ1) is 20.9. The Balaban J connectivity index is 1.60. The van der Waals surface area contributed by atoms with Gasteiger partial charge in [-0.1, -0.05) is 18.2 Å². The molecule has 0 aliphatic carbocycles. The summed E-state index contributed by atoms with van der Waals surface area (Å²) < 4.78 is 0. The summed E-state index contributed by atoms with van der Waals surface area (Å²) in [6.45, 7) is 0. The summed E-state index contributed by atoms with van der Waals surface area (Å²) >= 11 is 0. The van der Waals surface area contributed by atoms with Gasteiger partial charge in [-0.2, -0.15) is 0 Å². The molecule has 0 radical (unpaired) electrons. The van der Waals surface area contributed by atoms with E-state index in [-0.39, 0.29) is 55.5 Å². The molecule has 5 aromatic carbocycles. The fourth-order valence-electron chi connectivity index (χ4n) is 4.53. The van der Waals surface area contributed by atoms with E-state index in [1.807, 2.05) is 0 Å². The van der Waals surface area contributed by atoms with Gasteiger partial charge < -0.3 is 30.6 Å². The normalized spacial score (nSPS) is 11.9. The van der Waals surface area contributed by atoms with E-state index in [0.29, 0.717) is 10.8 Å². The van der Waals surface area contributed by atoms with E-state index >= 15 is 0 Å². The summed E-state index contributed by atoms with van der Waals surface area (Å²) in [6.07, 6.45) is 0. The van der Waals surface area contributed by atoms with Crippen LogP contribution in [-0.4, -0.2) is 66.3 Å². The third-order valence-corrected chi connectivity index (χ3v) is 6.68. The molecule has 0 unspecified atom stereocenters. The molecule has 12 heteroatoms. The number of hydrogen-bond donors (Lipinski definition) is 6. The smallest absolute Gasteiger partial charge is 0.335 e. The van der Waals surface area contributed by atoms with Gasteiger partial charge in [0.1, 0.15) is 0 Å². The van der Waals surface area contributed by atoms with Gasteiger partial charge in [-0.15, -0.1) is 0 Å². The standard InChI is InChI=1S/C32H20N2O10/c35-27(33-25-13-21(31(41)42)8-15-4-6-19(29(37)38)11-23(15)25)17-2-1-3-18(10-17)28(36)34-26-14-22(32(43)44)9-16-5-7-20(30(39)40)12-24(16)26/h1-14H,(H,33,35)(H,34,36)(H,37,38)(H,39,40)(H,41,42)(H,43,44). The number of carboxylic acid groups (broad SMARTS) is 4. The minimum absolute atomic E-state index is 0.0185. The molecule has 12 nitrogen and oxygen atoms in total. The van der Waals surface area contributed by atoms with Crippen LogP contribution >= 0.6 is 0 Å². The zero-order chi connectivity index (χ0) is 31.7. The van der Waals surface area contributed by atoms with E-state index < -0.39 is 35.7 Å². The molecule has 0 aromatic heterocycles. The molecule has 0 amide bonds. The number of aliphatic hydroxyl groups excluding tert-OH is 2. The fourth-order valence-corrected chi connectivity index (χ4v) is 4.53. The average molecular weight is 593 g/mol. The van der Waals surface area contributed by atoms with Crippen molar-refractivity contribution in [2.24, 2.45) is 9.98 Å². The molecular weight excluding hydrogens is 572 g/mol. The number of carbonyl (C=O) groups is 4. The van der Waals surface area contributed by atoms with Crippen molar-refractivity contribution in [3.05, 3.63) is 118 Å². The second-order valence-electron chi connectivity index (χ2n) is 9.53. The van der Waals surface area contributed by atoms with Crippen LogP contribution in [0.3, 0.4) is 0 Å². The number of benzene rings is 5. The SMILES string of the molecule is O=C(O)c1cc(N=C(O)c2cccc(C(O)=Nc3cc(C(=O)O)cc4ccc(C(=O)O)cc34)c2)c2cc(C(=O)O)ccc2c1. The highest BCUT2D eigenvalue weighted by molar-refractivity contribution is 6.08. The first-order valence-corrected chi connectivity index (χ1v) is 12.7. The Morgan fingerprint density at radius 1 is 0.409 bits per heavy atom. The first-order valence-electron chi connectivity index (χ1n) is 12.7. The second-order valence-corrected chi connectivity index (χ2v) is 9.53. The van der Waals surface area contributed by atoms with Gasteiger partial charge in [0.2, 0.25) is 11.8 Å². The Labute approximate surface area is 246 Å². The quantitative estimate of drug-likeness (QED) is 0.0904. The molecule has 0 atom stereocenters. The number of carboxylic acids is 4. The van der Waals surface area contributed by atoms with Crippen LogP contribution in [0.5, 0.6) is 0 Å². The summed E-state index contributed by atoms with van der Waals surface area (Å²) in [5.41, 5.74) is -0.330. The predicted molar refractivity (Wildman–Crippen MR) is 160 cm³/mol. The van der Waals surface area contributed by atoms with E-state index in [9.17, 15) is 49.8 Å². The van der Waals surface area contributed by atoms with E-state index in [1.165, 1.54) is 84.9 Å². The summed E-state index contributed by atoms with van der Waals surface area (Å²) in [5.74, 6) is -6.12. The maximum absolute atomic E-state index is 11.7. The number of fused-ring (bicyclic) bond motifs is 2. The lowest BCUT2D eigenvalue weighted by Crippen LogP contribution is -2.04. The molecule has 0 fully saturated rings. The summed E-state index contributed by atoms with van der Waals surface area (Å²) in [6, 6.07) is 18.8. The van der Waals surface area contributed by atoms with Crippen molar-refractivity contribution in [1.29, 1.82) is 0 Å². The van der Waals surface area contributed by atoms with E-state index in [2.05, 4.69) is 9.98 Å². The van der Waals surface area contributed by atoms with Crippen molar-refractivity contribution < 1.29 is 49.8 Å². The highest BCUT2D eigenvalue weighted by Crippen LogP contribution is 2.32. The minimum Gasteiger partial charge on any atom is -0.493 e. The molecule has 5 rings (SSSR count). The van der Waals surface area contributed by atoms with Crippen molar-refractivity contribution in [3.8, 4) is 0 Å². The van der Waals surface area contributed by atoms with Crippen LogP contribution in [0, 0.1) is 0 Å². The van der Waals surface area contributed by atoms with Gasteiger partial charge in [-0.05, 0) is 77.5 Å². The molecule has 0 heterocycles. The third-order valence-electron chi connectivity index (χ3n) is 6.68. The van der Waals surface area contributed by atoms with Gasteiger partial charge in [0.15, 0.2) is 0 Å². The first kappa shape index (κ1) is 29.0. The van der Waals surface area contributed by atoms with Crippen LogP contribution < -0.4 is 0 Å². The van der Waals surface area contributed by atoms with Crippen LogP contribution in [0.15, 0.2) is 94.9 Å². The van der Waals surface area contributed by atoms with Gasteiger partial charge >= 0.3 is 23.9 Å². The molecule has 6 N–H and O–H groups in total. The van der Waals surface area contributed by atoms with Crippen molar-refractivity contribution in [2.75, 3.05) is 0 Å². The van der Waals surface area contributed by atoms with Crippen LogP contribution in [0.4, 0.5) is 11.4 Å². The highest BCUT2D eigenvalue weighted by Gasteiger charge is 2.16. The largest absolute Gasteiger partial charge is 0.493 e. The molecule has 0 saturated heterocycles. The van der Waals surface area contributed by atoms with Gasteiger partial charge in [0, 0.05) is 21.9 Å². The van der Waals surface area contributed by atoms with E-state index in [0.717, 1.165) is 0 Å². The summed E-state index contributed by atoms with van der Waals surface area (Å²) in [7, 11) is 0. The van der Waals surface area contributed by atoms with Crippen molar-refractivity contribution in [3.63, 3.8) is 0 Å². The van der Waals surface area contributed by atoms with Crippen LogP contribution in [0.25, 0.3) is 21.5 Å². The molecule has 0 aliphatic rings. The molecule has 44 heavy (non-hydrogen) atoms. The number of rotatable bonds is 8. The Morgan fingerprint density at radius 3 is 1.16 bits per heavy atom. The lowest BCUT2D eigenvalue weighted by molar-refractivity contribution is 0.0686. The number of aliphatic hydroxyl groups is 2. The maximum atomic E-state index is 11.7. The molecule has 218 valence electrons. The Hall–Kier alpha value is -6.56. The second kappa shape index (κ2) is 11.4. The topological polar surface area (TPSA) is 214 Å². The average Bonchev–Trinajstić information content (AvgIpc) is 3.00. The molecule has 0 aliphatic heterocycles. The van der Waals surface area contributed by atoms with E-state index in [4.69, 9.17) is 0 Å². The fraction of sp³-hybridized carbons (Fsp3) is 0. The van der Waals surface area contributed by atoms with E-state index in [1.54, 1.807) is 0 Å². The van der Waals surface area contributed by atoms with Gasteiger partial charge in [-0.3, -0.25) is 0 Å². The van der Waals surface area contributed by atoms with Crippen LogP contribution in [0.1, 0.15) is 52.6 Å². The summed E-state index contributed by atoms with van der Waals surface area (Å²) in [5, 5.41) is 61.0. The lowest BCUT2D eigenvalue weighted by atomic mass is 10.0. The molecule has 5 aromatic rings. The lowest BCUT2D eigenvalue weighted by Gasteiger charge is -2.09. The van der Waals surface area contributed by atoms with Gasteiger partial charge in [0.05, 0.1) is 33.6 Å². The number of hydrogen-bond acceptors (Lipinski definition) is 6.